The van der Waals surface area contributed by atoms with Crippen molar-refractivity contribution in [2.45, 2.75) is 31.5 Å². The highest BCUT2D eigenvalue weighted by molar-refractivity contribution is 7.97. The van der Waals surface area contributed by atoms with Gasteiger partial charge < -0.3 is 9.52 Å². The summed E-state index contributed by atoms with van der Waals surface area (Å²) >= 11 is 1.28. The Morgan fingerprint density at radius 2 is 1.94 bits per heavy atom. The normalized spacial score (nSPS) is 11.7. The van der Waals surface area contributed by atoms with Gasteiger partial charge in [-0.05, 0) is 32.9 Å². The van der Waals surface area contributed by atoms with E-state index in [1.807, 2.05) is 20.8 Å². The van der Waals surface area contributed by atoms with E-state index in [1.165, 1.54) is 11.9 Å². The molecule has 1 aromatic heterocycles. The monoisotopic (exact) mass is 265 g/mol. The molecule has 1 aromatic carbocycles. The van der Waals surface area contributed by atoms with Crippen LogP contribution in [0.25, 0.3) is 11.5 Å². The first-order chi connectivity index (χ1) is 8.46. The van der Waals surface area contributed by atoms with E-state index in [0.29, 0.717) is 16.7 Å². The van der Waals surface area contributed by atoms with Gasteiger partial charge in [0.25, 0.3) is 11.1 Å². The predicted octanol–water partition coefficient (Wildman–Crippen LogP) is 2.84. The first-order valence-electron chi connectivity index (χ1n) is 5.51. The summed E-state index contributed by atoms with van der Waals surface area (Å²) in [4.78, 5) is 0. The van der Waals surface area contributed by atoms with Gasteiger partial charge in [-0.15, -0.1) is 5.10 Å². The summed E-state index contributed by atoms with van der Waals surface area (Å²) in [7, 11) is 0. The van der Waals surface area contributed by atoms with Crippen LogP contribution < -0.4 is 4.72 Å². The molecule has 0 fully saturated rings. The van der Waals surface area contributed by atoms with Gasteiger partial charge in [-0.2, -0.15) is 0 Å². The average Bonchev–Trinajstić information content (AvgIpc) is 2.75. The maximum atomic E-state index is 9.68. The SMILES string of the molecule is CC(C)(C)NSc1nnc(-c2ccccc2O)o1. The van der Waals surface area contributed by atoms with Crippen molar-refractivity contribution in [3.05, 3.63) is 24.3 Å². The maximum absolute atomic E-state index is 9.68. The highest BCUT2D eigenvalue weighted by Gasteiger charge is 2.15. The number of phenols is 1. The Morgan fingerprint density at radius 1 is 1.22 bits per heavy atom. The fourth-order valence-electron chi connectivity index (χ4n) is 1.21. The van der Waals surface area contributed by atoms with Gasteiger partial charge in [-0.3, -0.25) is 4.72 Å². The number of aromatic nitrogens is 2. The van der Waals surface area contributed by atoms with E-state index in [2.05, 4.69) is 14.9 Å². The Balaban J connectivity index is 2.14. The standard InChI is InChI=1S/C12H15N3O2S/c1-12(2,3)15-18-11-14-13-10(17-11)8-6-4-5-7-9(8)16/h4-7,15-16H,1-3H3. The van der Waals surface area contributed by atoms with Gasteiger partial charge in [0.05, 0.1) is 5.56 Å². The fourth-order valence-corrected chi connectivity index (χ4v) is 1.81. The van der Waals surface area contributed by atoms with Gasteiger partial charge in [0, 0.05) is 17.5 Å². The van der Waals surface area contributed by atoms with E-state index in [1.54, 1.807) is 24.3 Å². The summed E-state index contributed by atoms with van der Waals surface area (Å²) in [6.07, 6.45) is 0. The number of benzene rings is 1. The van der Waals surface area contributed by atoms with Gasteiger partial charge in [0.2, 0.25) is 0 Å². The molecule has 0 aliphatic rings. The van der Waals surface area contributed by atoms with Crippen LogP contribution in [-0.4, -0.2) is 20.8 Å². The predicted molar refractivity (Wildman–Crippen MR) is 70.1 cm³/mol. The van der Waals surface area contributed by atoms with E-state index < -0.39 is 0 Å². The van der Waals surface area contributed by atoms with Gasteiger partial charge in [-0.25, -0.2) is 0 Å². The molecule has 0 amide bonds. The van der Waals surface area contributed by atoms with Crippen molar-refractivity contribution in [1.29, 1.82) is 0 Å². The zero-order chi connectivity index (χ0) is 13.2. The van der Waals surface area contributed by atoms with Crippen LogP contribution in [0.15, 0.2) is 33.9 Å². The summed E-state index contributed by atoms with van der Waals surface area (Å²) in [5.74, 6) is 0.438. The second kappa shape index (κ2) is 4.99. The van der Waals surface area contributed by atoms with Crippen molar-refractivity contribution in [2.24, 2.45) is 0 Å². The van der Waals surface area contributed by atoms with Crippen molar-refractivity contribution in [3.8, 4) is 17.2 Å². The third-order valence-corrected chi connectivity index (χ3v) is 3.04. The smallest absolute Gasteiger partial charge is 0.292 e. The molecule has 6 heteroatoms. The first kappa shape index (κ1) is 12.9. The number of nitrogens with one attached hydrogen (secondary N) is 1. The van der Waals surface area contributed by atoms with Gasteiger partial charge in [-0.1, -0.05) is 17.2 Å². The lowest BCUT2D eigenvalue weighted by Crippen LogP contribution is -2.29. The lowest BCUT2D eigenvalue weighted by atomic mass is 10.1. The largest absolute Gasteiger partial charge is 0.507 e. The Hall–Kier alpha value is -1.53. The summed E-state index contributed by atoms with van der Waals surface area (Å²) < 4.78 is 8.64. The van der Waals surface area contributed by atoms with E-state index in [0.717, 1.165) is 0 Å². The minimum absolute atomic E-state index is 0.0474. The fraction of sp³-hybridized carbons (Fsp3) is 0.333. The molecule has 18 heavy (non-hydrogen) atoms. The van der Waals surface area contributed by atoms with E-state index in [-0.39, 0.29) is 11.3 Å². The Kier molecular flexibility index (Phi) is 3.58. The molecule has 1 heterocycles. The zero-order valence-corrected chi connectivity index (χ0v) is 11.3. The second-order valence-corrected chi connectivity index (χ2v) is 5.60. The quantitative estimate of drug-likeness (QED) is 0.831. The van der Waals surface area contributed by atoms with E-state index in [9.17, 15) is 5.11 Å². The zero-order valence-electron chi connectivity index (χ0n) is 10.5. The molecule has 0 radical (unpaired) electrons. The lowest BCUT2D eigenvalue weighted by molar-refractivity contribution is 0.448. The molecule has 2 N–H and O–H groups in total. The Bertz CT molecular complexity index is 534. The van der Waals surface area contributed by atoms with Crippen LogP contribution in [-0.2, 0) is 0 Å². The number of nitrogens with zero attached hydrogens (tertiary/aromatic N) is 2. The van der Waals surface area contributed by atoms with Crippen molar-refractivity contribution in [1.82, 2.24) is 14.9 Å². The number of hydrogen-bond donors (Lipinski definition) is 2. The molecule has 0 aliphatic carbocycles. The number of para-hydroxylation sites is 1. The minimum atomic E-state index is -0.0474. The molecule has 5 nitrogen and oxygen atoms in total. The Morgan fingerprint density at radius 3 is 2.61 bits per heavy atom. The summed E-state index contributed by atoms with van der Waals surface area (Å²) in [5, 5.41) is 17.9. The molecule has 0 saturated heterocycles. The highest BCUT2D eigenvalue weighted by Crippen LogP contribution is 2.29. The van der Waals surface area contributed by atoms with E-state index in [4.69, 9.17) is 4.42 Å². The summed E-state index contributed by atoms with van der Waals surface area (Å²) in [5.41, 5.74) is 0.487. The van der Waals surface area contributed by atoms with Crippen LogP contribution in [0, 0.1) is 0 Å². The first-order valence-corrected chi connectivity index (χ1v) is 6.33. The van der Waals surface area contributed by atoms with E-state index >= 15 is 0 Å². The second-order valence-electron chi connectivity index (χ2n) is 4.84. The van der Waals surface area contributed by atoms with Crippen LogP contribution in [0.1, 0.15) is 20.8 Å². The number of phenolic OH excluding ortho intramolecular Hbond substituents is 1. The molecule has 2 aromatic rings. The molecule has 96 valence electrons. The summed E-state index contributed by atoms with van der Waals surface area (Å²) in [6, 6.07) is 6.86. The van der Waals surface area contributed by atoms with Crippen LogP contribution in [0.4, 0.5) is 0 Å². The van der Waals surface area contributed by atoms with Crippen LogP contribution >= 0.6 is 11.9 Å². The molecular weight excluding hydrogens is 250 g/mol. The van der Waals surface area contributed by atoms with Gasteiger partial charge >= 0.3 is 0 Å². The van der Waals surface area contributed by atoms with Crippen molar-refractivity contribution < 1.29 is 9.52 Å². The Labute approximate surface area is 110 Å². The van der Waals surface area contributed by atoms with Crippen LogP contribution in [0.3, 0.4) is 0 Å². The molecular formula is C12H15N3O2S. The number of rotatable bonds is 3. The van der Waals surface area contributed by atoms with Crippen molar-refractivity contribution >= 4 is 11.9 Å². The topological polar surface area (TPSA) is 71.2 Å². The average molecular weight is 265 g/mol. The number of hydrogen-bond acceptors (Lipinski definition) is 6. The molecule has 2 rings (SSSR count). The van der Waals surface area contributed by atoms with Gasteiger partial charge in [0.1, 0.15) is 5.75 Å². The maximum Gasteiger partial charge on any atom is 0.292 e. The van der Waals surface area contributed by atoms with Crippen molar-refractivity contribution in [3.63, 3.8) is 0 Å². The number of aromatic hydroxyl groups is 1. The highest BCUT2D eigenvalue weighted by atomic mass is 32.2. The molecule has 0 bridgehead atoms. The molecule has 0 unspecified atom stereocenters. The molecule has 0 spiro atoms. The molecule has 0 aliphatic heterocycles. The van der Waals surface area contributed by atoms with Crippen LogP contribution in [0.2, 0.25) is 0 Å². The third-order valence-electron chi connectivity index (χ3n) is 1.99. The molecule has 0 atom stereocenters. The van der Waals surface area contributed by atoms with Crippen LogP contribution in [0.5, 0.6) is 5.75 Å². The van der Waals surface area contributed by atoms with Gasteiger partial charge in [0.15, 0.2) is 0 Å². The minimum Gasteiger partial charge on any atom is -0.507 e. The molecule has 0 saturated carbocycles. The third kappa shape index (κ3) is 3.24. The lowest BCUT2D eigenvalue weighted by Gasteiger charge is -2.17. The summed E-state index contributed by atoms with van der Waals surface area (Å²) in [6.45, 7) is 6.13. The van der Waals surface area contributed by atoms with Crippen molar-refractivity contribution in [2.75, 3.05) is 0 Å².